The molecule has 1 rings (SSSR count). The van der Waals surface area contributed by atoms with Crippen molar-refractivity contribution in [3.8, 4) is 0 Å². The quantitative estimate of drug-likeness (QED) is 0.657. The van der Waals surface area contributed by atoms with Gasteiger partial charge >= 0.3 is 0 Å². The van der Waals surface area contributed by atoms with Crippen molar-refractivity contribution < 1.29 is 9.84 Å². The number of piperidine rings is 1. The summed E-state index contributed by atoms with van der Waals surface area (Å²) in [4.78, 5) is 2.53. The molecular formula is C11H23NO2. The second-order valence-corrected chi connectivity index (χ2v) is 3.93. The van der Waals surface area contributed by atoms with Crippen LogP contribution >= 0.6 is 0 Å². The Hall–Kier alpha value is -0.120. The Labute approximate surface area is 87.1 Å². The van der Waals surface area contributed by atoms with Crippen LogP contribution in [-0.4, -0.2) is 49.0 Å². The third-order valence-corrected chi connectivity index (χ3v) is 2.98. The summed E-state index contributed by atoms with van der Waals surface area (Å²) in [6, 6.07) is 0.765. The predicted octanol–water partition coefficient (Wildman–Crippen LogP) is 1.26. The van der Waals surface area contributed by atoms with Crippen molar-refractivity contribution in [2.75, 3.05) is 32.9 Å². The van der Waals surface area contributed by atoms with E-state index in [-0.39, 0.29) is 6.61 Å². The van der Waals surface area contributed by atoms with Gasteiger partial charge in [-0.15, -0.1) is 0 Å². The summed E-state index contributed by atoms with van der Waals surface area (Å²) in [7, 11) is 0. The van der Waals surface area contributed by atoms with E-state index in [4.69, 9.17) is 9.84 Å². The average molecular weight is 201 g/mol. The number of aliphatic hydroxyl groups excluding tert-OH is 1. The molecular weight excluding hydrogens is 178 g/mol. The molecule has 1 fully saturated rings. The van der Waals surface area contributed by atoms with Gasteiger partial charge in [-0.25, -0.2) is 0 Å². The van der Waals surface area contributed by atoms with Crippen LogP contribution in [0.4, 0.5) is 0 Å². The largest absolute Gasteiger partial charge is 0.394 e. The zero-order valence-corrected chi connectivity index (χ0v) is 9.24. The molecule has 1 saturated heterocycles. The maximum absolute atomic E-state index is 8.56. The summed E-state index contributed by atoms with van der Waals surface area (Å²) < 4.78 is 5.29. The molecule has 0 amide bonds. The van der Waals surface area contributed by atoms with Crippen molar-refractivity contribution in [2.24, 2.45) is 0 Å². The molecule has 0 aromatic heterocycles. The van der Waals surface area contributed by atoms with E-state index in [9.17, 15) is 0 Å². The summed E-state index contributed by atoms with van der Waals surface area (Å²) in [5.41, 5.74) is 0. The highest BCUT2D eigenvalue weighted by molar-refractivity contribution is 4.75. The van der Waals surface area contributed by atoms with Crippen LogP contribution < -0.4 is 0 Å². The van der Waals surface area contributed by atoms with Crippen molar-refractivity contribution in [1.82, 2.24) is 4.90 Å². The zero-order chi connectivity index (χ0) is 10.2. The fourth-order valence-corrected chi connectivity index (χ4v) is 2.17. The van der Waals surface area contributed by atoms with Crippen LogP contribution in [-0.2, 0) is 4.74 Å². The fraction of sp³-hybridized carbons (Fsp3) is 1.00. The van der Waals surface area contributed by atoms with E-state index >= 15 is 0 Å². The monoisotopic (exact) mass is 201 g/mol. The topological polar surface area (TPSA) is 32.7 Å². The Morgan fingerprint density at radius 2 is 2.21 bits per heavy atom. The summed E-state index contributed by atoms with van der Waals surface area (Å²) in [5, 5.41) is 8.56. The van der Waals surface area contributed by atoms with Gasteiger partial charge in [-0.2, -0.15) is 0 Å². The van der Waals surface area contributed by atoms with E-state index in [1.165, 1.54) is 32.2 Å². The number of ether oxygens (including phenoxy) is 1. The molecule has 0 aliphatic carbocycles. The maximum atomic E-state index is 8.56. The summed E-state index contributed by atoms with van der Waals surface area (Å²) in [5.74, 6) is 0. The molecule has 3 heteroatoms. The number of rotatable bonds is 6. The van der Waals surface area contributed by atoms with Gasteiger partial charge < -0.3 is 9.84 Å². The molecule has 1 atom stereocenters. The lowest BCUT2D eigenvalue weighted by Crippen LogP contribution is -2.41. The summed E-state index contributed by atoms with van der Waals surface area (Å²) in [6.45, 7) is 5.88. The smallest absolute Gasteiger partial charge is 0.0698 e. The van der Waals surface area contributed by atoms with Crippen LogP contribution in [0.5, 0.6) is 0 Å². The van der Waals surface area contributed by atoms with Crippen LogP contribution in [0.15, 0.2) is 0 Å². The number of likely N-dealkylation sites (tertiary alicyclic amines) is 1. The van der Waals surface area contributed by atoms with Gasteiger partial charge in [-0.05, 0) is 25.8 Å². The van der Waals surface area contributed by atoms with Crippen LogP contribution in [0.3, 0.4) is 0 Å². The Kier molecular flexibility index (Phi) is 6.15. The molecule has 0 bridgehead atoms. The lowest BCUT2D eigenvalue weighted by Gasteiger charge is -2.34. The van der Waals surface area contributed by atoms with Gasteiger partial charge in [0, 0.05) is 12.6 Å². The number of hydrogen-bond donors (Lipinski definition) is 1. The van der Waals surface area contributed by atoms with Crippen molar-refractivity contribution in [1.29, 1.82) is 0 Å². The minimum Gasteiger partial charge on any atom is -0.394 e. The van der Waals surface area contributed by atoms with Crippen molar-refractivity contribution >= 4 is 0 Å². The van der Waals surface area contributed by atoms with E-state index in [1.54, 1.807) is 0 Å². The van der Waals surface area contributed by atoms with E-state index in [1.807, 2.05) is 0 Å². The highest BCUT2D eigenvalue weighted by Crippen LogP contribution is 2.18. The molecule has 1 unspecified atom stereocenters. The molecule has 0 spiro atoms. The van der Waals surface area contributed by atoms with Gasteiger partial charge in [0.05, 0.1) is 19.8 Å². The first-order valence-corrected chi connectivity index (χ1v) is 5.81. The second kappa shape index (κ2) is 7.21. The van der Waals surface area contributed by atoms with Crippen LogP contribution in [0, 0.1) is 0 Å². The molecule has 1 heterocycles. The standard InChI is InChI=1S/C11H23NO2/c1-2-11-5-3-4-6-12(11)7-9-14-10-8-13/h11,13H,2-10H2,1H3. The number of hydrogen-bond acceptors (Lipinski definition) is 3. The minimum atomic E-state index is 0.136. The maximum Gasteiger partial charge on any atom is 0.0698 e. The molecule has 0 aromatic rings. The van der Waals surface area contributed by atoms with Gasteiger partial charge in [0.1, 0.15) is 0 Å². The molecule has 84 valence electrons. The highest BCUT2D eigenvalue weighted by atomic mass is 16.5. The van der Waals surface area contributed by atoms with E-state index in [0.29, 0.717) is 6.61 Å². The summed E-state index contributed by atoms with van der Waals surface area (Å²) >= 11 is 0. The lowest BCUT2D eigenvalue weighted by atomic mass is 10.0. The Bertz CT molecular complexity index is 141. The third kappa shape index (κ3) is 3.95. The van der Waals surface area contributed by atoms with E-state index < -0.39 is 0 Å². The Morgan fingerprint density at radius 1 is 1.36 bits per heavy atom. The Morgan fingerprint density at radius 3 is 2.93 bits per heavy atom. The van der Waals surface area contributed by atoms with Gasteiger partial charge in [0.2, 0.25) is 0 Å². The zero-order valence-electron chi connectivity index (χ0n) is 9.24. The van der Waals surface area contributed by atoms with Gasteiger partial charge in [0.25, 0.3) is 0 Å². The molecule has 14 heavy (non-hydrogen) atoms. The van der Waals surface area contributed by atoms with E-state index in [0.717, 1.165) is 19.2 Å². The SMILES string of the molecule is CCC1CCCCN1CCOCCO. The van der Waals surface area contributed by atoms with Crippen LogP contribution in [0.25, 0.3) is 0 Å². The number of aliphatic hydroxyl groups is 1. The molecule has 1 N–H and O–H groups in total. The fourth-order valence-electron chi connectivity index (χ4n) is 2.17. The van der Waals surface area contributed by atoms with Crippen molar-refractivity contribution in [2.45, 2.75) is 38.6 Å². The summed E-state index contributed by atoms with van der Waals surface area (Å²) in [6.07, 6.45) is 5.31. The molecule has 0 aromatic carbocycles. The second-order valence-electron chi connectivity index (χ2n) is 3.93. The average Bonchev–Trinajstić information content (AvgIpc) is 2.25. The molecule has 0 saturated carbocycles. The molecule has 1 aliphatic heterocycles. The molecule has 0 radical (unpaired) electrons. The minimum absolute atomic E-state index is 0.136. The first kappa shape index (κ1) is 12.0. The van der Waals surface area contributed by atoms with Crippen molar-refractivity contribution in [3.05, 3.63) is 0 Å². The molecule has 1 aliphatic rings. The van der Waals surface area contributed by atoms with Gasteiger partial charge in [-0.1, -0.05) is 13.3 Å². The van der Waals surface area contributed by atoms with Crippen LogP contribution in [0.1, 0.15) is 32.6 Å². The predicted molar refractivity (Wildman–Crippen MR) is 57.4 cm³/mol. The Balaban J connectivity index is 2.13. The normalized spacial score (nSPS) is 24.0. The first-order valence-electron chi connectivity index (χ1n) is 5.81. The highest BCUT2D eigenvalue weighted by Gasteiger charge is 2.19. The first-order chi connectivity index (χ1) is 6.88. The van der Waals surface area contributed by atoms with Gasteiger partial charge in [-0.3, -0.25) is 4.90 Å². The van der Waals surface area contributed by atoms with Gasteiger partial charge in [0.15, 0.2) is 0 Å². The lowest BCUT2D eigenvalue weighted by molar-refractivity contribution is 0.0527. The van der Waals surface area contributed by atoms with Crippen LogP contribution in [0.2, 0.25) is 0 Å². The van der Waals surface area contributed by atoms with E-state index in [2.05, 4.69) is 11.8 Å². The van der Waals surface area contributed by atoms with Crippen molar-refractivity contribution in [3.63, 3.8) is 0 Å². The molecule has 3 nitrogen and oxygen atoms in total. The number of nitrogens with zero attached hydrogens (tertiary/aromatic N) is 1. The third-order valence-electron chi connectivity index (χ3n) is 2.98.